The van der Waals surface area contributed by atoms with Crippen molar-refractivity contribution in [2.24, 2.45) is 11.8 Å². The van der Waals surface area contributed by atoms with Crippen LogP contribution in [0.25, 0.3) is 0 Å². The Bertz CT molecular complexity index is 795. The van der Waals surface area contributed by atoms with E-state index in [1.807, 2.05) is 31.2 Å². The van der Waals surface area contributed by atoms with E-state index in [9.17, 15) is 14.4 Å². The monoisotopic (exact) mass is 402 g/mol. The molecule has 0 aliphatic carbocycles. The Balaban J connectivity index is 2.16. The number of imide groups is 1. The molecule has 0 bridgehead atoms. The Morgan fingerprint density at radius 3 is 2.52 bits per heavy atom. The molecule has 1 aromatic carbocycles. The quantitative estimate of drug-likeness (QED) is 0.531. The van der Waals surface area contributed by atoms with Gasteiger partial charge in [-0.2, -0.15) is 0 Å². The predicted octanol–water partition coefficient (Wildman–Crippen LogP) is 2.45. The summed E-state index contributed by atoms with van der Waals surface area (Å²) in [6.07, 6.45) is 2.03. The molecular weight excluding hydrogens is 372 g/mol. The van der Waals surface area contributed by atoms with Gasteiger partial charge in [0.05, 0.1) is 25.6 Å². The highest BCUT2D eigenvalue weighted by Crippen LogP contribution is 2.52. The summed E-state index contributed by atoms with van der Waals surface area (Å²) in [6.45, 7) is 6.06. The zero-order valence-electron chi connectivity index (χ0n) is 17.6. The third-order valence-corrected chi connectivity index (χ3v) is 6.10. The molecule has 0 spiro atoms. The van der Waals surface area contributed by atoms with Crippen LogP contribution in [0.1, 0.15) is 51.6 Å². The first kappa shape index (κ1) is 21.3. The molecule has 4 atom stereocenters. The van der Waals surface area contributed by atoms with Gasteiger partial charge in [0.1, 0.15) is 11.3 Å². The summed E-state index contributed by atoms with van der Waals surface area (Å²) in [5.41, 5.74) is -0.453. The number of nitrogens with one attached hydrogen (secondary N) is 1. The second-order valence-electron chi connectivity index (χ2n) is 7.58. The number of benzene rings is 1. The van der Waals surface area contributed by atoms with E-state index in [4.69, 9.17) is 9.47 Å². The summed E-state index contributed by atoms with van der Waals surface area (Å²) < 4.78 is 10.9. The van der Waals surface area contributed by atoms with E-state index in [0.717, 1.165) is 18.4 Å². The van der Waals surface area contributed by atoms with E-state index in [1.54, 1.807) is 21.0 Å². The number of likely N-dealkylation sites (tertiary alicyclic amines) is 1. The molecule has 0 radical (unpaired) electrons. The van der Waals surface area contributed by atoms with Gasteiger partial charge in [0.2, 0.25) is 11.8 Å². The minimum absolute atomic E-state index is 0.213. The van der Waals surface area contributed by atoms with E-state index >= 15 is 0 Å². The van der Waals surface area contributed by atoms with Gasteiger partial charge in [0.25, 0.3) is 0 Å². The number of hydrogen-bond donors (Lipinski definition) is 1. The van der Waals surface area contributed by atoms with Gasteiger partial charge in [-0.05, 0) is 26.3 Å². The van der Waals surface area contributed by atoms with Gasteiger partial charge in [-0.1, -0.05) is 38.0 Å². The molecule has 0 unspecified atom stereocenters. The third-order valence-electron chi connectivity index (χ3n) is 6.10. The van der Waals surface area contributed by atoms with Crippen molar-refractivity contribution in [2.75, 3.05) is 20.3 Å². The molecule has 2 heterocycles. The molecule has 2 aliphatic rings. The van der Waals surface area contributed by atoms with Crippen LogP contribution in [0.2, 0.25) is 0 Å². The fraction of sp³-hybridized carbons (Fsp3) is 0.591. The molecule has 0 aromatic heterocycles. The van der Waals surface area contributed by atoms with Crippen LogP contribution in [-0.2, 0) is 19.1 Å². The maximum atomic E-state index is 13.3. The van der Waals surface area contributed by atoms with Gasteiger partial charge in [0.15, 0.2) is 0 Å². The predicted molar refractivity (Wildman–Crippen MR) is 107 cm³/mol. The number of unbranched alkanes of at least 4 members (excludes halogenated alkanes) is 1. The van der Waals surface area contributed by atoms with Gasteiger partial charge in [-0.3, -0.25) is 24.6 Å². The van der Waals surface area contributed by atoms with Gasteiger partial charge >= 0.3 is 5.97 Å². The number of hydrogen-bond acceptors (Lipinski definition) is 6. The second-order valence-corrected chi connectivity index (χ2v) is 7.58. The Kier molecular flexibility index (Phi) is 6.27. The normalized spacial score (nSPS) is 28.6. The average molecular weight is 402 g/mol. The highest BCUT2D eigenvalue weighted by atomic mass is 16.5. The highest BCUT2D eigenvalue weighted by molar-refractivity contribution is 6.09. The van der Waals surface area contributed by atoms with E-state index < -0.39 is 29.4 Å². The summed E-state index contributed by atoms with van der Waals surface area (Å²) >= 11 is 0. The molecule has 2 amide bonds. The number of carbonyl (C=O) groups is 3. The molecule has 2 fully saturated rings. The first-order valence-corrected chi connectivity index (χ1v) is 10.4. The average Bonchev–Trinajstić information content (AvgIpc) is 3.20. The number of rotatable bonds is 8. The number of amides is 2. The van der Waals surface area contributed by atoms with Gasteiger partial charge < -0.3 is 9.47 Å². The maximum Gasteiger partial charge on any atom is 0.327 e. The van der Waals surface area contributed by atoms with Crippen molar-refractivity contribution in [3.05, 3.63) is 29.8 Å². The van der Waals surface area contributed by atoms with Crippen LogP contribution >= 0.6 is 0 Å². The summed E-state index contributed by atoms with van der Waals surface area (Å²) in [5.74, 6) is -1.82. The number of ether oxygens (including phenoxy) is 2. The third kappa shape index (κ3) is 3.31. The van der Waals surface area contributed by atoms with Crippen molar-refractivity contribution in [1.29, 1.82) is 0 Å². The number of fused-ring (bicyclic) bond motifs is 1. The molecule has 29 heavy (non-hydrogen) atoms. The van der Waals surface area contributed by atoms with Crippen molar-refractivity contribution in [3.8, 4) is 5.75 Å². The van der Waals surface area contributed by atoms with Gasteiger partial charge in [0, 0.05) is 18.2 Å². The fourth-order valence-corrected chi connectivity index (χ4v) is 4.80. The fourth-order valence-electron chi connectivity index (χ4n) is 4.80. The highest BCUT2D eigenvalue weighted by Gasteiger charge is 2.68. The molecule has 1 aromatic rings. The largest absolute Gasteiger partial charge is 0.496 e. The maximum absolute atomic E-state index is 13.3. The lowest BCUT2D eigenvalue weighted by atomic mass is 9.76. The lowest BCUT2D eigenvalue weighted by Crippen LogP contribution is -2.56. The van der Waals surface area contributed by atoms with Gasteiger partial charge in [-0.25, -0.2) is 0 Å². The van der Waals surface area contributed by atoms with Crippen molar-refractivity contribution in [3.63, 3.8) is 0 Å². The molecule has 7 heteroatoms. The zero-order valence-corrected chi connectivity index (χ0v) is 17.6. The van der Waals surface area contributed by atoms with Crippen LogP contribution in [0.3, 0.4) is 0 Å². The topological polar surface area (TPSA) is 84.9 Å². The van der Waals surface area contributed by atoms with Crippen molar-refractivity contribution in [1.82, 2.24) is 10.2 Å². The van der Waals surface area contributed by atoms with Crippen LogP contribution in [0, 0.1) is 11.8 Å². The van der Waals surface area contributed by atoms with Crippen LogP contribution in [0.4, 0.5) is 0 Å². The SMILES string of the molecule is CCCC[C@]1(C(=O)OCC)N[C@H](c2ccccc2OC)[C@@H]2C(=O)N(CC)C(=O)[C@H]21. The van der Waals surface area contributed by atoms with Crippen molar-refractivity contribution in [2.45, 2.75) is 51.6 Å². The molecule has 7 nitrogen and oxygen atoms in total. The Morgan fingerprint density at radius 2 is 1.90 bits per heavy atom. The first-order chi connectivity index (χ1) is 14.0. The minimum Gasteiger partial charge on any atom is -0.496 e. The smallest absolute Gasteiger partial charge is 0.327 e. The molecular formula is C22H30N2O5. The molecule has 0 saturated carbocycles. The molecule has 3 rings (SSSR count). The number of esters is 1. The summed E-state index contributed by atoms with van der Waals surface area (Å²) in [7, 11) is 1.57. The standard InChI is InChI=1S/C22H30N2O5/c1-5-8-13-22(21(27)29-7-3)17-16(19(25)24(6-2)20(17)26)18(23-22)14-11-9-10-12-15(14)28-4/h9-12,16-18,23H,5-8,13H2,1-4H3/t16-,17+,18-,22+/m1/s1. The second kappa shape index (κ2) is 8.53. The Labute approximate surface area is 171 Å². The Hall–Kier alpha value is -2.41. The van der Waals surface area contributed by atoms with E-state index in [-0.39, 0.29) is 25.0 Å². The molecule has 2 saturated heterocycles. The summed E-state index contributed by atoms with van der Waals surface area (Å²) in [4.78, 5) is 41.0. The lowest BCUT2D eigenvalue weighted by molar-refractivity contribution is -0.156. The molecule has 1 N–H and O–H groups in total. The number of methoxy groups -OCH3 is 1. The van der Waals surface area contributed by atoms with Crippen molar-refractivity contribution < 1.29 is 23.9 Å². The zero-order chi connectivity index (χ0) is 21.2. The lowest BCUT2D eigenvalue weighted by Gasteiger charge is -2.33. The Morgan fingerprint density at radius 1 is 1.17 bits per heavy atom. The number of para-hydroxylation sites is 1. The minimum atomic E-state index is -1.22. The van der Waals surface area contributed by atoms with E-state index in [1.165, 1.54) is 4.90 Å². The van der Waals surface area contributed by atoms with Crippen LogP contribution < -0.4 is 10.1 Å². The van der Waals surface area contributed by atoms with Crippen LogP contribution in [-0.4, -0.2) is 48.5 Å². The molecule has 2 aliphatic heterocycles. The first-order valence-electron chi connectivity index (χ1n) is 10.4. The summed E-state index contributed by atoms with van der Waals surface area (Å²) in [6, 6.07) is 6.90. The van der Waals surface area contributed by atoms with E-state index in [0.29, 0.717) is 12.2 Å². The van der Waals surface area contributed by atoms with Crippen LogP contribution in [0.15, 0.2) is 24.3 Å². The van der Waals surface area contributed by atoms with Crippen LogP contribution in [0.5, 0.6) is 5.75 Å². The van der Waals surface area contributed by atoms with Crippen molar-refractivity contribution >= 4 is 17.8 Å². The summed E-state index contributed by atoms with van der Waals surface area (Å²) in [5, 5.41) is 3.40. The number of carbonyl (C=O) groups excluding carboxylic acids is 3. The molecule has 158 valence electrons. The number of nitrogens with zero attached hydrogens (tertiary/aromatic N) is 1. The van der Waals surface area contributed by atoms with E-state index in [2.05, 4.69) is 5.32 Å². The van der Waals surface area contributed by atoms with Gasteiger partial charge in [-0.15, -0.1) is 0 Å².